The molecule has 0 aliphatic carbocycles. The molecule has 0 aromatic rings. The zero-order valence-electron chi connectivity index (χ0n) is 10.2. The summed E-state index contributed by atoms with van der Waals surface area (Å²) in [7, 11) is 1.44. The summed E-state index contributed by atoms with van der Waals surface area (Å²) >= 11 is 0. The molecule has 0 saturated heterocycles. The monoisotopic (exact) mass is 231 g/mol. The average Bonchev–Trinajstić information content (AvgIpc) is 2.22. The minimum atomic E-state index is -0.970. The van der Waals surface area contributed by atoms with Crippen molar-refractivity contribution in [2.75, 3.05) is 7.05 Å². The summed E-state index contributed by atoms with van der Waals surface area (Å²) in [5.74, 6) is -0.914. The van der Waals surface area contributed by atoms with Gasteiger partial charge in [0.1, 0.15) is 6.04 Å². The fraction of sp³-hybridized carbons (Fsp3) is 0.800. The van der Waals surface area contributed by atoms with Crippen molar-refractivity contribution in [1.29, 1.82) is 0 Å². The second-order valence-electron chi connectivity index (χ2n) is 4.11. The standard InChI is InChI=1S/C10H21N3O3/c1-5(2)7(11)9(15)13-8(6(3)14)10(16)12-4/h5-8,14H,11H2,1-4H3,(H,12,16)(H,13,15). The molecule has 0 aromatic heterocycles. The molecule has 0 aliphatic heterocycles. The predicted molar refractivity (Wildman–Crippen MR) is 60.5 cm³/mol. The molecule has 6 nitrogen and oxygen atoms in total. The van der Waals surface area contributed by atoms with Crippen molar-refractivity contribution >= 4 is 11.8 Å². The van der Waals surface area contributed by atoms with E-state index in [0.29, 0.717) is 0 Å². The largest absolute Gasteiger partial charge is 0.391 e. The van der Waals surface area contributed by atoms with E-state index in [0.717, 1.165) is 0 Å². The molecule has 0 aromatic carbocycles. The molecule has 0 rings (SSSR count). The highest BCUT2D eigenvalue weighted by atomic mass is 16.3. The minimum Gasteiger partial charge on any atom is -0.391 e. The number of amides is 2. The first-order valence-electron chi connectivity index (χ1n) is 5.26. The number of likely N-dealkylation sites (N-methyl/N-ethyl adjacent to an activating group) is 1. The van der Waals surface area contributed by atoms with E-state index in [4.69, 9.17) is 5.73 Å². The van der Waals surface area contributed by atoms with Gasteiger partial charge in [0.2, 0.25) is 11.8 Å². The highest BCUT2D eigenvalue weighted by Crippen LogP contribution is 2.00. The van der Waals surface area contributed by atoms with Gasteiger partial charge in [-0.3, -0.25) is 9.59 Å². The number of aliphatic hydroxyl groups excluding tert-OH is 1. The molecular formula is C10H21N3O3. The van der Waals surface area contributed by atoms with Gasteiger partial charge in [-0.25, -0.2) is 0 Å². The SMILES string of the molecule is CNC(=O)C(NC(=O)C(N)C(C)C)C(C)O. The molecule has 0 spiro atoms. The maximum atomic E-state index is 11.6. The summed E-state index contributed by atoms with van der Waals surface area (Å²) in [5, 5.41) is 14.2. The van der Waals surface area contributed by atoms with Gasteiger partial charge in [-0.05, 0) is 12.8 Å². The first-order valence-corrected chi connectivity index (χ1v) is 5.26. The Bertz CT molecular complexity index is 254. The number of carbonyl (C=O) groups excluding carboxylic acids is 2. The molecule has 5 N–H and O–H groups in total. The Hall–Kier alpha value is -1.14. The summed E-state index contributed by atoms with van der Waals surface area (Å²) < 4.78 is 0. The molecule has 0 aliphatic rings. The summed E-state index contributed by atoms with van der Waals surface area (Å²) in [5.41, 5.74) is 5.62. The van der Waals surface area contributed by atoms with Crippen LogP contribution in [0.1, 0.15) is 20.8 Å². The van der Waals surface area contributed by atoms with Crippen molar-refractivity contribution in [2.24, 2.45) is 11.7 Å². The molecule has 0 saturated carbocycles. The highest BCUT2D eigenvalue weighted by molar-refractivity contribution is 5.90. The third-order valence-corrected chi connectivity index (χ3v) is 2.33. The van der Waals surface area contributed by atoms with E-state index in [2.05, 4.69) is 10.6 Å². The molecule has 6 heteroatoms. The highest BCUT2D eigenvalue weighted by Gasteiger charge is 2.27. The fourth-order valence-corrected chi connectivity index (χ4v) is 1.11. The van der Waals surface area contributed by atoms with Gasteiger partial charge in [0.15, 0.2) is 0 Å². The quantitative estimate of drug-likeness (QED) is 0.466. The van der Waals surface area contributed by atoms with Gasteiger partial charge in [-0.15, -0.1) is 0 Å². The van der Waals surface area contributed by atoms with Crippen molar-refractivity contribution in [3.05, 3.63) is 0 Å². The second-order valence-corrected chi connectivity index (χ2v) is 4.11. The summed E-state index contributed by atoms with van der Waals surface area (Å²) in [4.78, 5) is 22.9. The Morgan fingerprint density at radius 3 is 2.00 bits per heavy atom. The van der Waals surface area contributed by atoms with Crippen molar-refractivity contribution in [2.45, 2.75) is 39.0 Å². The van der Waals surface area contributed by atoms with E-state index in [-0.39, 0.29) is 5.92 Å². The van der Waals surface area contributed by atoms with Crippen LogP contribution in [0.15, 0.2) is 0 Å². The number of aliphatic hydroxyl groups is 1. The molecule has 0 bridgehead atoms. The molecular weight excluding hydrogens is 210 g/mol. The number of rotatable bonds is 5. The molecule has 94 valence electrons. The van der Waals surface area contributed by atoms with Crippen LogP contribution in [0.2, 0.25) is 0 Å². The van der Waals surface area contributed by atoms with E-state index in [1.54, 1.807) is 0 Å². The smallest absolute Gasteiger partial charge is 0.245 e. The van der Waals surface area contributed by atoms with Crippen LogP contribution in [-0.4, -0.2) is 42.2 Å². The van der Waals surface area contributed by atoms with E-state index in [9.17, 15) is 14.7 Å². The average molecular weight is 231 g/mol. The zero-order chi connectivity index (χ0) is 12.9. The van der Waals surface area contributed by atoms with Crippen LogP contribution < -0.4 is 16.4 Å². The van der Waals surface area contributed by atoms with Crippen LogP contribution in [0.4, 0.5) is 0 Å². The molecule has 16 heavy (non-hydrogen) atoms. The van der Waals surface area contributed by atoms with E-state index in [1.807, 2.05) is 13.8 Å². The van der Waals surface area contributed by atoms with Crippen LogP contribution in [0.3, 0.4) is 0 Å². The van der Waals surface area contributed by atoms with Crippen LogP contribution in [0.5, 0.6) is 0 Å². The Balaban J connectivity index is 4.53. The number of nitrogens with one attached hydrogen (secondary N) is 2. The number of hydrogen-bond acceptors (Lipinski definition) is 4. The van der Waals surface area contributed by atoms with Gasteiger partial charge in [0, 0.05) is 7.05 Å². The normalized spacial score (nSPS) is 16.4. The lowest BCUT2D eigenvalue weighted by atomic mass is 10.0. The van der Waals surface area contributed by atoms with Gasteiger partial charge >= 0.3 is 0 Å². The topological polar surface area (TPSA) is 104 Å². The predicted octanol–water partition coefficient (Wildman–Crippen LogP) is -1.42. The summed E-state index contributed by atoms with van der Waals surface area (Å²) in [6.07, 6.45) is -0.969. The van der Waals surface area contributed by atoms with Gasteiger partial charge in [-0.2, -0.15) is 0 Å². The van der Waals surface area contributed by atoms with Crippen molar-refractivity contribution in [3.63, 3.8) is 0 Å². The molecule has 0 heterocycles. The summed E-state index contributed by atoms with van der Waals surface area (Å²) in [6, 6.07) is -1.66. The summed E-state index contributed by atoms with van der Waals surface area (Å²) in [6.45, 7) is 5.05. The Morgan fingerprint density at radius 2 is 1.69 bits per heavy atom. The third kappa shape index (κ3) is 4.16. The third-order valence-electron chi connectivity index (χ3n) is 2.33. The molecule has 3 unspecified atom stereocenters. The Morgan fingerprint density at radius 1 is 1.19 bits per heavy atom. The lowest BCUT2D eigenvalue weighted by Gasteiger charge is -2.23. The van der Waals surface area contributed by atoms with Crippen molar-refractivity contribution in [3.8, 4) is 0 Å². The Kier molecular flexibility index (Phi) is 5.98. The molecule has 2 amide bonds. The van der Waals surface area contributed by atoms with E-state index < -0.39 is 30.0 Å². The van der Waals surface area contributed by atoms with Crippen LogP contribution in [0, 0.1) is 5.92 Å². The minimum absolute atomic E-state index is 0.0284. The number of hydrogen-bond donors (Lipinski definition) is 4. The maximum Gasteiger partial charge on any atom is 0.245 e. The van der Waals surface area contributed by atoms with E-state index >= 15 is 0 Å². The van der Waals surface area contributed by atoms with Gasteiger partial charge in [-0.1, -0.05) is 13.8 Å². The first kappa shape index (κ1) is 14.9. The lowest BCUT2D eigenvalue weighted by Crippen LogP contribution is -2.56. The number of nitrogens with two attached hydrogens (primary N) is 1. The van der Waals surface area contributed by atoms with Gasteiger partial charge in [0.25, 0.3) is 0 Å². The zero-order valence-corrected chi connectivity index (χ0v) is 10.2. The maximum absolute atomic E-state index is 11.6. The molecule has 0 fully saturated rings. The van der Waals surface area contributed by atoms with Gasteiger partial charge in [0.05, 0.1) is 12.1 Å². The van der Waals surface area contributed by atoms with Crippen LogP contribution >= 0.6 is 0 Å². The Labute approximate surface area is 95.6 Å². The molecule has 3 atom stereocenters. The van der Waals surface area contributed by atoms with E-state index in [1.165, 1.54) is 14.0 Å². The van der Waals surface area contributed by atoms with Crippen molar-refractivity contribution < 1.29 is 14.7 Å². The second kappa shape index (κ2) is 6.44. The number of carbonyl (C=O) groups is 2. The van der Waals surface area contributed by atoms with Crippen LogP contribution in [-0.2, 0) is 9.59 Å². The fourth-order valence-electron chi connectivity index (χ4n) is 1.11. The van der Waals surface area contributed by atoms with Crippen molar-refractivity contribution in [1.82, 2.24) is 10.6 Å². The first-order chi connectivity index (χ1) is 7.31. The lowest BCUT2D eigenvalue weighted by molar-refractivity contribution is -0.132. The molecule has 0 radical (unpaired) electrons. The van der Waals surface area contributed by atoms with Crippen LogP contribution in [0.25, 0.3) is 0 Å². The van der Waals surface area contributed by atoms with Gasteiger partial charge < -0.3 is 21.5 Å².